The van der Waals surface area contributed by atoms with Gasteiger partial charge in [-0.15, -0.1) is 0 Å². The highest BCUT2D eigenvalue weighted by molar-refractivity contribution is 5.47. The first-order valence-corrected chi connectivity index (χ1v) is 9.46. The van der Waals surface area contributed by atoms with Crippen molar-refractivity contribution in [3.63, 3.8) is 0 Å². The Morgan fingerprint density at radius 3 is 2.17 bits per heavy atom. The van der Waals surface area contributed by atoms with Crippen LogP contribution in [0.2, 0.25) is 0 Å². The molecule has 1 aromatic rings. The van der Waals surface area contributed by atoms with Gasteiger partial charge in [-0.3, -0.25) is 0 Å². The van der Waals surface area contributed by atoms with Gasteiger partial charge >= 0.3 is 0 Å². The van der Waals surface area contributed by atoms with Gasteiger partial charge in [-0.25, -0.2) is 0 Å². The molecule has 1 heteroatoms. The standard InChI is InChI=1S/C22H30O/c1-2-3-4-5-6-7-8-12-17-21-18-13-14-19-22(21,23-21)20-15-10-9-11-16-20/h9-11,13-16,18-19H,2-8,12,17H2,1H3. The summed E-state index contributed by atoms with van der Waals surface area (Å²) in [6.07, 6.45) is 20.9. The van der Waals surface area contributed by atoms with Gasteiger partial charge in [0, 0.05) is 0 Å². The van der Waals surface area contributed by atoms with Crippen molar-refractivity contribution in [3.05, 3.63) is 60.2 Å². The first kappa shape index (κ1) is 16.5. The van der Waals surface area contributed by atoms with Crippen molar-refractivity contribution in [1.29, 1.82) is 0 Å². The maximum Gasteiger partial charge on any atom is 0.145 e. The van der Waals surface area contributed by atoms with E-state index in [1.807, 2.05) is 0 Å². The molecule has 1 saturated heterocycles. The number of epoxide rings is 1. The lowest BCUT2D eigenvalue weighted by Gasteiger charge is -2.17. The quantitative estimate of drug-likeness (QED) is 0.364. The maximum atomic E-state index is 6.33. The van der Waals surface area contributed by atoms with Crippen LogP contribution >= 0.6 is 0 Å². The molecule has 2 aliphatic rings. The molecule has 0 N–H and O–H groups in total. The number of ether oxygens (including phenoxy) is 1. The molecule has 1 aliphatic carbocycles. The van der Waals surface area contributed by atoms with E-state index in [1.165, 1.54) is 56.9 Å². The lowest BCUT2D eigenvalue weighted by molar-refractivity contribution is 0.295. The second-order valence-electron chi connectivity index (χ2n) is 7.04. The topological polar surface area (TPSA) is 12.5 Å². The number of hydrogen-bond donors (Lipinski definition) is 0. The Morgan fingerprint density at radius 1 is 0.783 bits per heavy atom. The number of unbranched alkanes of at least 4 members (excludes halogenated alkanes) is 7. The molecule has 2 unspecified atom stereocenters. The highest BCUT2D eigenvalue weighted by Gasteiger charge is 2.67. The van der Waals surface area contributed by atoms with Gasteiger partial charge in [-0.1, -0.05) is 101 Å². The van der Waals surface area contributed by atoms with Gasteiger partial charge in [0.2, 0.25) is 0 Å². The predicted molar refractivity (Wildman–Crippen MR) is 97.4 cm³/mol. The van der Waals surface area contributed by atoms with E-state index in [2.05, 4.69) is 61.6 Å². The summed E-state index contributed by atoms with van der Waals surface area (Å²) in [5, 5.41) is 0. The zero-order chi connectivity index (χ0) is 16.0. The minimum Gasteiger partial charge on any atom is -0.348 e. The van der Waals surface area contributed by atoms with Crippen LogP contribution in [0.1, 0.15) is 70.3 Å². The minimum atomic E-state index is -0.190. The monoisotopic (exact) mass is 310 g/mol. The molecular formula is C22H30O. The van der Waals surface area contributed by atoms with E-state index in [9.17, 15) is 0 Å². The number of hydrogen-bond acceptors (Lipinski definition) is 1. The minimum absolute atomic E-state index is 0.0781. The van der Waals surface area contributed by atoms with E-state index < -0.39 is 0 Å². The normalized spacial score (nSPS) is 27.9. The van der Waals surface area contributed by atoms with Crippen LogP contribution in [0.15, 0.2) is 54.6 Å². The van der Waals surface area contributed by atoms with E-state index in [-0.39, 0.29) is 11.2 Å². The molecule has 0 saturated carbocycles. The van der Waals surface area contributed by atoms with Crippen molar-refractivity contribution in [2.24, 2.45) is 0 Å². The Bertz CT molecular complexity index is 544. The molecule has 0 bridgehead atoms. The van der Waals surface area contributed by atoms with Gasteiger partial charge in [0.15, 0.2) is 0 Å². The summed E-state index contributed by atoms with van der Waals surface area (Å²) in [4.78, 5) is 0. The SMILES string of the molecule is CCCCCCCCCCC12C=CC=CC1(c1ccccc1)O2. The summed E-state index contributed by atoms with van der Waals surface area (Å²) in [7, 11) is 0. The first-order valence-electron chi connectivity index (χ1n) is 9.46. The average molecular weight is 310 g/mol. The molecule has 23 heavy (non-hydrogen) atoms. The van der Waals surface area contributed by atoms with Crippen molar-refractivity contribution < 1.29 is 4.74 Å². The van der Waals surface area contributed by atoms with Crippen LogP contribution in [0.3, 0.4) is 0 Å². The molecule has 1 aromatic carbocycles. The van der Waals surface area contributed by atoms with Crippen LogP contribution in [0.4, 0.5) is 0 Å². The van der Waals surface area contributed by atoms with Gasteiger partial charge in [0.25, 0.3) is 0 Å². The predicted octanol–water partition coefficient (Wildman–Crippen LogP) is 6.31. The molecule has 1 nitrogen and oxygen atoms in total. The largest absolute Gasteiger partial charge is 0.348 e. The van der Waals surface area contributed by atoms with Gasteiger partial charge < -0.3 is 4.74 Å². The summed E-state index contributed by atoms with van der Waals surface area (Å²) in [5.74, 6) is 0. The van der Waals surface area contributed by atoms with Crippen LogP contribution in [-0.4, -0.2) is 5.60 Å². The summed E-state index contributed by atoms with van der Waals surface area (Å²) in [6, 6.07) is 10.7. The van der Waals surface area contributed by atoms with Crippen LogP contribution in [0.5, 0.6) is 0 Å². The molecule has 124 valence electrons. The number of allylic oxidation sites excluding steroid dienone is 2. The summed E-state index contributed by atoms with van der Waals surface area (Å²) in [6.45, 7) is 2.28. The highest BCUT2D eigenvalue weighted by atomic mass is 16.6. The molecular weight excluding hydrogens is 280 g/mol. The summed E-state index contributed by atoms with van der Waals surface area (Å²) < 4.78 is 6.33. The van der Waals surface area contributed by atoms with Crippen LogP contribution in [-0.2, 0) is 10.3 Å². The second-order valence-corrected chi connectivity index (χ2v) is 7.04. The van der Waals surface area contributed by atoms with Crippen LogP contribution in [0.25, 0.3) is 0 Å². The van der Waals surface area contributed by atoms with Crippen LogP contribution in [0, 0.1) is 0 Å². The van der Waals surface area contributed by atoms with Crippen molar-refractivity contribution in [2.75, 3.05) is 0 Å². The Morgan fingerprint density at radius 2 is 1.43 bits per heavy atom. The maximum absolute atomic E-state index is 6.33. The van der Waals surface area contributed by atoms with E-state index in [0.717, 1.165) is 6.42 Å². The molecule has 3 rings (SSSR count). The lowest BCUT2D eigenvalue weighted by Crippen LogP contribution is -2.22. The molecule has 0 radical (unpaired) electrons. The average Bonchev–Trinajstić information content (AvgIpc) is 3.29. The molecule has 1 aliphatic heterocycles. The Kier molecular flexibility index (Phi) is 5.38. The van der Waals surface area contributed by atoms with E-state index in [1.54, 1.807) is 0 Å². The van der Waals surface area contributed by atoms with Gasteiger partial charge in [0.1, 0.15) is 11.2 Å². The second kappa shape index (κ2) is 7.49. The van der Waals surface area contributed by atoms with E-state index in [4.69, 9.17) is 4.74 Å². The Balaban J connectivity index is 1.47. The third-order valence-electron chi connectivity index (χ3n) is 5.34. The van der Waals surface area contributed by atoms with Crippen molar-refractivity contribution >= 4 is 0 Å². The highest BCUT2D eigenvalue weighted by Crippen LogP contribution is 2.61. The third kappa shape index (κ3) is 3.45. The molecule has 1 heterocycles. The number of rotatable bonds is 10. The molecule has 1 fully saturated rings. The lowest BCUT2D eigenvalue weighted by atomic mass is 9.80. The van der Waals surface area contributed by atoms with Crippen molar-refractivity contribution in [1.82, 2.24) is 0 Å². The fourth-order valence-corrected chi connectivity index (χ4v) is 3.92. The van der Waals surface area contributed by atoms with E-state index >= 15 is 0 Å². The zero-order valence-electron chi connectivity index (χ0n) is 14.5. The number of fused-ring (bicyclic) bond motifs is 1. The third-order valence-corrected chi connectivity index (χ3v) is 5.34. The van der Waals surface area contributed by atoms with Crippen LogP contribution < -0.4 is 0 Å². The molecule has 0 amide bonds. The van der Waals surface area contributed by atoms with E-state index in [0.29, 0.717) is 0 Å². The fourth-order valence-electron chi connectivity index (χ4n) is 3.92. The number of benzene rings is 1. The Labute approximate surface area is 141 Å². The Hall–Kier alpha value is -1.34. The summed E-state index contributed by atoms with van der Waals surface area (Å²) in [5.41, 5.74) is 1.02. The zero-order valence-corrected chi connectivity index (χ0v) is 14.5. The fraction of sp³-hybridized carbons (Fsp3) is 0.545. The summed E-state index contributed by atoms with van der Waals surface area (Å²) >= 11 is 0. The first-order chi connectivity index (χ1) is 11.3. The van der Waals surface area contributed by atoms with Crippen molar-refractivity contribution in [3.8, 4) is 0 Å². The van der Waals surface area contributed by atoms with Gasteiger partial charge in [-0.05, 0) is 24.1 Å². The van der Waals surface area contributed by atoms with Crippen molar-refractivity contribution in [2.45, 2.75) is 75.9 Å². The molecule has 0 spiro atoms. The smallest absolute Gasteiger partial charge is 0.145 e. The van der Waals surface area contributed by atoms with Gasteiger partial charge in [0.05, 0.1) is 0 Å². The van der Waals surface area contributed by atoms with Gasteiger partial charge in [-0.2, -0.15) is 0 Å². The molecule has 0 aromatic heterocycles. The molecule has 2 atom stereocenters.